The second-order valence-electron chi connectivity index (χ2n) is 5.06. The van der Waals surface area contributed by atoms with Gasteiger partial charge in [-0.05, 0) is 36.4 Å². The van der Waals surface area contributed by atoms with E-state index in [-0.39, 0.29) is 11.6 Å². The normalized spacial score (nSPS) is 11.8. The summed E-state index contributed by atoms with van der Waals surface area (Å²) in [7, 11) is 0. The van der Waals surface area contributed by atoms with Crippen LogP contribution in [0.5, 0.6) is 0 Å². The SMILES string of the molecule is N#Cc1ccc(C(=O)Nc2cc(C(F)(F)F)cc(C(F)(F)F)c2)c(F)c1. The minimum absolute atomic E-state index is 0.0993. The van der Waals surface area contributed by atoms with Crippen molar-refractivity contribution in [2.75, 3.05) is 5.32 Å². The van der Waals surface area contributed by atoms with Crippen LogP contribution >= 0.6 is 0 Å². The third-order valence-corrected chi connectivity index (χ3v) is 3.19. The Hall–Kier alpha value is -3.09. The molecule has 2 aromatic rings. The van der Waals surface area contributed by atoms with Gasteiger partial charge < -0.3 is 5.32 Å². The van der Waals surface area contributed by atoms with Gasteiger partial charge in [0.25, 0.3) is 5.91 Å². The number of rotatable bonds is 2. The summed E-state index contributed by atoms with van der Waals surface area (Å²) in [4.78, 5) is 12.0. The predicted molar refractivity (Wildman–Crippen MR) is 75.5 cm³/mol. The number of amides is 1. The lowest BCUT2D eigenvalue weighted by Crippen LogP contribution is -2.17. The Morgan fingerprint density at radius 2 is 1.46 bits per heavy atom. The minimum Gasteiger partial charge on any atom is -0.322 e. The molecule has 0 fully saturated rings. The van der Waals surface area contributed by atoms with Crippen molar-refractivity contribution in [1.29, 1.82) is 5.26 Å². The third-order valence-electron chi connectivity index (χ3n) is 3.19. The summed E-state index contributed by atoms with van der Waals surface area (Å²) in [6, 6.07) is 4.79. The molecule has 26 heavy (non-hydrogen) atoms. The maximum Gasteiger partial charge on any atom is 0.416 e. The second-order valence-corrected chi connectivity index (χ2v) is 5.06. The van der Waals surface area contributed by atoms with E-state index in [0.717, 1.165) is 12.1 Å². The Balaban J connectivity index is 2.42. The molecule has 0 spiro atoms. The van der Waals surface area contributed by atoms with E-state index in [1.165, 1.54) is 0 Å². The Labute approximate surface area is 141 Å². The van der Waals surface area contributed by atoms with Crippen LogP contribution in [0.4, 0.5) is 36.4 Å². The molecule has 0 aliphatic heterocycles. The highest BCUT2D eigenvalue weighted by atomic mass is 19.4. The molecule has 2 rings (SSSR count). The highest BCUT2D eigenvalue weighted by molar-refractivity contribution is 6.04. The molecule has 0 saturated heterocycles. The number of nitrogens with zero attached hydrogens (tertiary/aromatic N) is 1. The van der Waals surface area contributed by atoms with E-state index in [4.69, 9.17) is 5.26 Å². The third kappa shape index (κ3) is 4.30. The Bertz CT molecular complexity index is 863. The summed E-state index contributed by atoms with van der Waals surface area (Å²) in [5.41, 5.74) is -4.81. The highest BCUT2D eigenvalue weighted by Crippen LogP contribution is 2.37. The molecule has 10 heteroatoms. The molecule has 0 heterocycles. The van der Waals surface area contributed by atoms with Crippen LogP contribution < -0.4 is 5.32 Å². The average Bonchev–Trinajstić information content (AvgIpc) is 2.52. The van der Waals surface area contributed by atoms with Crippen molar-refractivity contribution in [2.24, 2.45) is 0 Å². The van der Waals surface area contributed by atoms with E-state index in [0.29, 0.717) is 18.2 Å². The molecular formula is C16H7F7N2O. The molecule has 2 aromatic carbocycles. The van der Waals surface area contributed by atoms with Gasteiger partial charge in [0.2, 0.25) is 0 Å². The molecule has 0 radical (unpaired) electrons. The van der Waals surface area contributed by atoms with Gasteiger partial charge in [-0.2, -0.15) is 31.6 Å². The number of hydrogen-bond acceptors (Lipinski definition) is 2. The van der Waals surface area contributed by atoms with Crippen LogP contribution in [0.25, 0.3) is 0 Å². The van der Waals surface area contributed by atoms with Crippen molar-refractivity contribution in [3.05, 3.63) is 64.5 Å². The van der Waals surface area contributed by atoms with Crippen molar-refractivity contribution >= 4 is 11.6 Å². The summed E-state index contributed by atoms with van der Waals surface area (Å²) in [5, 5.41) is 10.4. The Kier molecular flexibility index (Phi) is 4.93. The lowest BCUT2D eigenvalue weighted by molar-refractivity contribution is -0.143. The van der Waals surface area contributed by atoms with Crippen LogP contribution in [0.15, 0.2) is 36.4 Å². The van der Waals surface area contributed by atoms with Crippen LogP contribution in [-0.4, -0.2) is 5.91 Å². The van der Waals surface area contributed by atoms with E-state index in [1.54, 1.807) is 11.4 Å². The summed E-state index contributed by atoms with van der Waals surface area (Å²) in [6.07, 6.45) is -10.2. The Morgan fingerprint density at radius 3 is 1.88 bits per heavy atom. The lowest BCUT2D eigenvalue weighted by Gasteiger charge is -2.15. The topological polar surface area (TPSA) is 52.9 Å². The molecule has 0 saturated carbocycles. The average molecular weight is 376 g/mol. The Morgan fingerprint density at radius 1 is 0.923 bits per heavy atom. The molecule has 136 valence electrons. The van der Waals surface area contributed by atoms with Crippen molar-refractivity contribution in [2.45, 2.75) is 12.4 Å². The summed E-state index contributed by atoms with van der Waals surface area (Å²) in [6.45, 7) is 0. The van der Waals surface area contributed by atoms with E-state index in [1.807, 2.05) is 0 Å². The quantitative estimate of drug-likeness (QED) is 0.751. The number of halogens is 7. The fourth-order valence-corrected chi connectivity index (χ4v) is 1.99. The van der Waals surface area contributed by atoms with E-state index in [2.05, 4.69) is 0 Å². The molecule has 1 N–H and O–H groups in total. The van der Waals surface area contributed by atoms with E-state index < -0.39 is 46.5 Å². The first-order chi connectivity index (χ1) is 11.9. The van der Waals surface area contributed by atoms with Gasteiger partial charge in [0, 0.05) is 5.69 Å². The van der Waals surface area contributed by atoms with Crippen molar-refractivity contribution in [3.8, 4) is 6.07 Å². The van der Waals surface area contributed by atoms with Gasteiger partial charge in [-0.1, -0.05) is 0 Å². The predicted octanol–water partition coefficient (Wildman–Crippen LogP) is 4.99. The van der Waals surface area contributed by atoms with Crippen LogP contribution in [0.2, 0.25) is 0 Å². The number of carbonyl (C=O) groups is 1. The summed E-state index contributed by atoms with van der Waals surface area (Å²) in [5.74, 6) is -2.41. The van der Waals surface area contributed by atoms with Gasteiger partial charge in [0.15, 0.2) is 0 Å². The molecule has 1 amide bonds. The monoisotopic (exact) mass is 376 g/mol. The van der Waals surface area contributed by atoms with Crippen LogP contribution in [0.3, 0.4) is 0 Å². The standard InChI is InChI=1S/C16H7F7N2O/c17-13-3-8(7-24)1-2-12(13)14(26)25-11-5-9(15(18,19)20)4-10(6-11)16(21,22)23/h1-6H,(H,25,26). The maximum atomic E-state index is 13.8. The molecule has 0 aliphatic rings. The van der Waals surface area contributed by atoms with Gasteiger partial charge in [0.1, 0.15) is 5.82 Å². The van der Waals surface area contributed by atoms with Gasteiger partial charge in [-0.15, -0.1) is 0 Å². The molecule has 3 nitrogen and oxygen atoms in total. The largest absolute Gasteiger partial charge is 0.416 e. The van der Waals surface area contributed by atoms with E-state index >= 15 is 0 Å². The number of nitriles is 1. The molecule has 0 aliphatic carbocycles. The lowest BCUT2D eigenvalue weighted by atomic mass is 10.1. The number of anilines is 1. The van der Waals surface area contributed by atoms with Crippen LogP contribution in [0, 0.1) is 17.1 Å². The fraction of sp³-hybridized carbons (Fsp3) is 0.125. The maximum absolute atomic E-state index is 13.8. The van der Waals surface area contributed by atoms with E-state index in [9.17, 15) is 35.5 Å². The molecular weight excluding hydrogens is 369 g/mol. The highest BCUT2D eigenvalue weighted by Gasteiger charge is 2.37. The minimum atomic E-state index is -5.08. The number of carbonyl (C=O) groups excluding carboxylic acids is 1. The molecule has 0 atom stereocenters. The van der Waals surface area contributed by atoms with Crippen LogP contribution in [-0.2, 0) is 12.4 Å². The zero-order valence-electron chi connectivity index (χ0n) is 12.5. The fourth-order valence-electron chi connectivity index (χ4n) is 1.99. The number of hydrogen-bond donors (Lipinski definition) is 1. The van der Waals surface area contributed by atoms with Gasteiger partial charge in [0.05, 0.1) is 28.3 Å². The van der Waals surface area contributed by atoms with Crippen LogP contribution in [0.1, 0.15) is 27.0 Å². The first-order valence-electron chi connectivity index (χ1n) is 6.72. The zero-order chi connectivity index (χ0) is 19.7. The van der Waals surface area contributed by atoms with Gasteiger partial charge in [-0.3, -0.25) is 4.79 Å². The first-order valence-corrected chi connectivity index (χ1v) is 6.72. The molecule has 0 aromatic heterocycles. The zero-order valence-corrected chi connectivity index (χ0v) is 12.5. The smallest absolute Gasteiger partial charge is 0.322 e. The van der Waals surface area contributed by atoms with Crippen molar-refractivity contribution in [1.82, 2.24) is 0 Å². The second kappa shape index (κ2) is 6.67. The summed E-state index contributed by atoms with van der Waals surface area (Å²) >= 11 is 0. The molecule has 0 bridgehead atoms. The summed E-state index contributed by atoms with van der Waals surface area (Å²) < 4.78 is 90.4. The van der Waals surface area contributed by atoms with Gasteiger partial charge >= 0.3 is 12.4 Å². The van der Waals surface area contributed by atoms with Crippen molar-refractivity contribution < 1.29 is 35.5 Å². The number of nitrogens with one attached hydrogen (secondary N) is 1. The van der Waals surface area contributed by atoms with Crippen molar-refractivity contribution in [3.63, 3.8) is 0 Å². The first kappa shape index (κ1) is 19.2. The molecule has 0 unspecified atom stereocenters. The number of alkyl halides is 6. The number of benzene rings is 2. The van der Waals surface area contributed by atoms with Gasteiger partial charge in [-0.25, -0.2) is 4.39 Å².